The summed E-state index contributed by atoms with van der Waals surface area (Å²) in [5, 5.41) is 25.0. The lowest BCUT2D eigenvalue weighted by molar-refractivity contribution is -0.141. The van der Waals surface area contributed by atoms with Crippen LogP contribution in [0.25, 0.3) is 0 Å². The molecule has 1 aromatic carbocycles. The van der Waals surface area contributed by atoms with Gasteiger partial charge in [0.2, 0.25) is 5.91 Å². The first-order valence-electron chi connectivity index (χ1n) is 12.5. The van der Waals surface area contributed by atoms with Crippen molar-refractivity contribution in [2.45, 2.75) is 71.1 Å². The van der Waals surface area contributed by atoms with E-state index >= 15 is 0 Å². The number of aliphatic hydroxyl groups excluding tert-OH is 1. The van der Waals surface area contributed by atoms with E-state index < -0.39 is 54.1 Å². The molecule has 0 radical (unpaired) electrons. The highest BCUT2D eigenvalue weighted by Gasteiger charge is 2.32. The molecular formula is C26H40IN3O7. The summed E-state index contributed by atoms with van der Waals surface area (Å²) in [6.07, 6.45) is 1.99. The number of ether oxygens (including phenoxy) is 1. The van der Waals surface area contributed by atoms with Crippen LogP contribution in [0.15, 0.2) is 18.2 Å². The fourth-order valence-electron chi connectivity index (χ4n) is 3.77. The van der Waals surface area contributed by atoms with E-state index in [1.54, 1.807) is 39.1 Å². The second-order valence-electron chi connectivity index (χ2n) is 9.44. The van der Waals surface area contributed by atoms with Crippen LogP contribution in [0, 0.1) is 9.49 Å². The molecule has 1 aromatic rings. The summed E-state index contributed by atoms with van der Waals surface area (Å²) in [4.78, 5) is 52.0. The number of nitrogens with zero attached hydrogens (tertiary/aromatic N) is 1. The van der Waals surface area contributed by atoms with E-state index in [1.807, 2.05) is 27.5 Å². The maximum Gasteiger partial charge on any atom is 0.305 e. The number of amides is 2. The number of carbonyl (C=O) groups is 4. The fourth-order valence-corrected chi connectivity index (χ4v) is 4.29. The van der Waals surface area contributed by atoms with Crippen LogP contribution < -0.4 is 15.4 Å². The summed E-state index contributed by atoms with van der Waals surface area (Å²) in [6.45, 7) is 6.18. The molecule has 10 nitrogen and oxygen atoms in total. The van der Waals surface area contributed by atoms with Crippen LogP contribution in [-0.4, -0.2) is 78.0 Å². The van der Waals surface area contributed by atoms with Crippen molar-refractivity contribution in [3.63, 3.8) is 0 Å². The van der Waals surface area contributed by atoms with Gasteiger partial charge in [0.05, 0.1) is 26.1 Å². The van der Waals surface area contributed by atoms with E-state index in [1.165, 1.54) is 7.11 Å². The normalized spacial score (nSPS) is 13.6. The number of benzene rings is 1. The molecule has 208 valence electrons. The minimum atomic E-state index is -1.60. The Morgan fingerprint density at radius 1 is 1.08 bits per heavy atom. The second kappa shape index (κ2) is 16.6. The Balaban J connectivity index is 2.93. The van der Waals surface area contributed by atoms with E-state index in [0.717, 1.165) is 29.3 Å². The predicted octanol–water partition coefficient (Wildman–Crippen LogP) is 2.51. The molecule has 0 aromatic heterocycles. The lowest BCUT2D eigenvalue weighted by Crippen LogP contribution is -2.55. The second-order valence-corrected chi connectivity index (χ2v) is 10.7. The van der Waals surface area contributed by atoms with E-state index in [4.69, 9.17) is 4.74 Å². The topological polar surface area (TPSA) is 145 Å². The van der Waals surface area contributed by atoms with Gasteiger partial charge in [-0.2, -0.15) is 0 Å². The number of hydrogen-bond acceptors (Lipinski definition) is 7. The Bertz CT molecular complexity index is 925. The predicted molar refractivity (Wildman–Crippen MR) is 148 cm³/mol. The van der Waals surface area contributed by atoms with Crippen molar-refractivity contribution < 1.29 is 34.1 Å². The number of carboxylic acids is 1. The van der Waals surface area contributed by atoms with Crippen molar-refractivity contribution in [1.82, 2.24) is 15.5 Å². The Kier molecular flexibility index (Phi) is 14.7. The Labute approximate surface area is 232 Å². The number of aliphatic hydroxyl groups is 1. The number of nitrogens with one attached hydrogen (secondary N) is 2. The quantitative estimate of drug-likeness (QED) is 0.151. The highest BCUT2D eigenvalue weighted by molar-refractivity contribution is 14.1. The van der Waals surface area contributed by atoms with E-state index in [2.05, 4.69) is 17.6 Å². The third kappa shape index (κ3) is 11.3. The van der Waals surface area contributed by atoms with Crippen LogP contribution in [0.4, 0.5) is 0 Å². The van der Waals surface area contributed by atoms with Crippen molar-refractivity contribution in [3.8, 4) is 5.75 Å². The van der Waals surface area contributed by atoms with Crippen LogP contribution in [0.5, 0.6) is 5.75 Å². The number of carboxylic acid groups (broad SMARTS) is 1. The molecule has 0 bridgehead atoms. The smallest absolute Gasteiger partial charge is 0.305 e. The molecule has 2 amide bonds. The van der Waals surface area contributed by atoms with Gasteiger partial charge in [-0.1, -0.05) is 40.0 Å². The van der Waals surface area contributed by atoms with Gasteiger partial charge in [-0.15, -0.1) is 0 Å². The van der Waals surface area contributed by atoms with Crippen LogP contribution in [0.1, 0.15) is 64.5 Å². The molecular weight excluding hydrogens is 593 g/mol. The number of carbonyl (C=O) groups excluding carboxylic acids is 3. The highest BCUT2D eigenvalue weighted by Crippen LogP contribution is 2.27. The third-order valence-electron chi connectivity index (χ3n) is 5.88. The number of Topliss-reactive ketones (excluding diaryl/α,β-unsaturated/α-hetero) is 1. The molecule has 37 heavy (non-hydrogen) atoms. The monoisotopic (exact) mass is 633 g/mol. The summed E-state index contributed by atoms with van der Waals surface area (Å²) in [6, 6.07) is 2.64. The first kappa shape index (κ1) is 32.8. The van der Waals surface area contributed by atoms with Gasteiger partial charge in [-0.05, 0) is 66.7 Å². The molecule has 0 heterocycles. The van der Waals surface area contributed by atoms with Crippen molar-refractivity contribution in [1.29, 1.82) is 0 Å². The summed E-state index contributed by atoms with van der Waals surface area (Å²) < 4.78 is 6.02. The van der Waals surface area contributed by atoms with Gasteiger partial charge in [0.1, 0.15) is 11.8 Å². The maximum atomic E-state index is 13.1. The molecule has 0 saturated heterocycles. The largest absolute Gasteiger partial charge is 0.496 e. The van der Waals surface area contributed by atoms with E-state index in [-0.39, 0.29) is 12.1 Å². The summed E-state index contributed by atoms with van der Waals surface area (Å²) >= 11 is 2.04. The number of likely N-dealkylation sites (N-methyl/N-ethyl adjacent to an activating group) is 1. The van der Waals surface area contributed by atoms with Crippen LogP contribution in [0.2, 0.25) is 0 Å². The van der Waals surface area contributed by atoms with E-state index in [9.17, 15) is 29.4 Å². The SMILES string of the molecule is CCCCCCN(C)CC(=O)C(CC(=O)O)NC(=O)[C@@H](NC(=O)C(O)c1cc(I)ccc1OC)C(C)C. The van der Waals surface area contributed by atoms with Gasteiger partial charge in [0.15, 0.2) is 11.9 Å². The molecule has 11 heteroatoms. The number of hydrogen-bond donors (Lipinski definition) is 4. The maximum absolute atomic E-state index is 13.1. The number of rotatable bonds is 17. The number of ketones is 1. The summed E-state index contributed by atoms with van der Waals surface area (Å²) in [5.74, 6) is -3.26. The third-order valence-corrected chi connectivity index (χ3v) is 6.56. The molecule has 1 rings (SSSR count). The lowest BCUT2D eigenvalue weighted by atomic mass is 10.00. The van der Waals surface area contributed by atoms with Crippen molar-refractivity contribution in [3.05, 3.63) is 27.3 Å². The molecule has 0 saturated carbocycles. The zero-order valence-corrected chi connectivity index (χ0v) is 24.4. The standard InChI is InChI=1S/C26H40IN3O7/c1-6-7-8-9-12-30(4)15-20(31)19(14-22(32)33)28-25(35)23(16(2)3)29-26(36)24(34)18-13-17(27)10-11-21(18)37-5/h10-11,13,16,19,23-24,34H,6-9,12,14-15H2,1-5H3,(H,28,35)(H,29,36)(H,32,33)/t19?,23-,24?/m0/s1. The van der Waals surface area contributed by atoms with Crippen LogP contribution in [-0.2, 0) is 19.2 Å². The van der Waals surface area contributed by atoms with Gasteiger partial charge < -0.3 is 25.6 Å². The first-order chi connectivity index (χ1) is 17.4. The molecule has 2 unspecified atom stereocenters. The van der Waals surface area contributed by atoms with Crippen LogP contribution >= 0.6 is 22.6 Å². The van der Waals surface area contributed by atoms with Gasteiger partial charge in [0.25, 0.3) is 5.91 Å². The molecule has 0 aliphatic rings. The summed E-state index contributed by atoms with van der Waals surface area (Å²) in [5.41, 5.74) is 0.246. The van der Waals surface area contributed by atoms with Gasteiger partial charge in [0, 0.05) is 9.13 Å². The fraction of sp³-hybridized carbons (Fsp3) is 0.615. The van der Waals surface area contributed by atoms with Gasteiger partial charge in [-0.25, -0.2) is 0 Å². The number of halogens is 1. The number of aliphatic carboxylic acids is 1. The van der Waals surface area contributed by atoms with Crippen molar-refractivity contribution >= 4 is 46.2 Å². The molecule has 0 aliphatic heterocycles. The molecule has 0 aliphatic carbocycles. The zero-order chi connectivity index (χ0) is 28.1. The van der Waals surface area contributed by atoms with E-state index in [0.29, 0.717) is 12.3 Å². The average molecular weight is 634 g/mol. The zero-order valence-electron chi connectivity index (χ0n) is 22.3. The van der Waals surface area contributed by atoms with Gasteiger partial charge >= 0.3 is 5.97 Å². The van der Waals surface area contributed by atoms with Crippen molar-refractivity contribution in [2.24, 2.45) is 5.92 Å². The van der Waals surface area contributed by atoms with Crippen molar-refractivity contribution in [2.75, 3.05) is 27.2 Å². The average Bonchev–Trinajstić information content (AvgIpc) is 2.83. The highest BCUT2D eigenvalue weighted by atomic mass is 127. The molecule has 0 spiro atoms. The van der Waals surface area contributed by atoms with Gasteiger partial charge in [-0.3, -0.25) is 24.1 Å². The Hall–Kier alpha value is -2.25. The Morgan fingerprint density at radius 3 is 2.32 bits per heavy atom. The van der Waals surface area contributed by atoms with Crippen LogP contribution in [0.3, 0.4) is 0 Å². The molecule has 0 fully saturated rings. The minimum absolute atomic E-state index is 0.00575. The lowest BCUT2D eigenvalue weighted by Gasteiger charge is -2.26. The number of unbranched alkanes of at least 4 members (excludes halogenated alkanes) is 3. The number of methoxy groups -OCH3 is 1. The first-order valence-corrected chi connectivity index (χ1v) is 13.5. The minimum Gasteiger partial charge on any atom is -0.496 e. The molecule has 3 atom stereocenters. The molecule has 4 N–H and O–H groups in total. The Morgan fingerprint density at radius 2 is 1.76 bits per heavy atom. The summed E-state index contributed by atoms with van der Waals surface area (Å²) in [7, 11) is 3.20.